The molecule has 0 atom stereocenters. The van der Waals surface area contributed by atoms with Crippen LogP contribution in [0, 0.1) is 13.8 Å². The Morgan fingerprint density at radius 1 is 0.690 bits per heavy atom. The van der Waals surface area contributed by atoms with Gasteiger partial charge < -0.3 is 20.1 Å². The third kappa shape index (κ3) is 8.80. The molecule has 0 saturated heterocycles. The molecule has 0 aliphatic carbocycles. The van der Waals surface area contributed by atoms with Crippen LogP contribution in [0.4, 0.5) is 0 Å². The second-order valence-corrected chi connectivity index (χ2v) is 13.6. The van der Waals surface area contributed by atoms with Crippen molar-refractivity contribution in [2.45, 2.75) is 82.6 Å². The summed E-state index contributed by atoms with van der Waals surface area (Å²) in [6, 6.07) is 23.3. The third-order valence-corrected chi connectivity index (χ3v) is 8.06. The van der Waals surface area contributed by atoms with E-state index in [1.807, 2.05) is 56.3 Å². The molecule has 0 bridgehead atoms. The van der Waals surface area contributed by atoms with Crippen LogP contribution in [0.3, 0.4) is 0 Å². The fourth-order valence-corrected chi connectivity index (χ4v) is 5.32. The molecule has 3 N–H and O–H groups in total. The lowest BCUT2D eigenvalue weighted by Crippen LogP contribution is -2.12. The van der Waals surface area contributed by atoms with Crippen LogP contribution in [0.5, 0.6) is 17.2 Å². The molecule has 0 radical (unpaired) electrons. The number of carbonyl (C=O) groups is 1. The Hall–Kier alpha value is -3.90. The molecular weight excluding hydrogens is 544 g/mol. The van der Waals surface area contributed by atoms with Crippen LogP contribution in [-0.2, 0) is 22.2 Å². The highest BCUT2D eigenvalue weighted by molar-refractivity contribution is 7.99. The van der Waals surface area contributed by atoms with Gasteiger partial charge >= 0.3 is 5.97 Å². The molecule has 0 saturated carbocycles. The Morgan fingerprint density at radius 2 is 1.14 bits per heavy atom. The van der Waals surface area contributed by atoms with E-state index in [1.54, 1.807) is 11.8 Å². The van der Waals surface area contributed by atoms with E-state index in [-0.39, 0.29) is 23.2 Å². The van der Waals surface area contributed by atoms with Gasteiger partial charge in [-0.3, -0.25) is 0 Å². The standard InChI is InChI=1S/C22H30O2S.C14H12O3/c1-13-9-17(23)15(21(3,4)5)11-19(13)25-20-12-16(22(6,7)8)18(24)10-14(20)2;15-13-8-6-12(7-9-13)14(16)17-10-11-4-2-1-3-5-11/h9-12,23-24H,1-8H3;1-9,15H,10H2. The highest BCUT2D eigenvalue weighted by Gasteiger charge is 2.22. The van der Waals surface area contributed by atoms with E-state index in [0.29, 0.717) is 17.1 Å². The van der Waals surface area contributed by atoms with Gasteiger partial charge in [0.15, 0.2) is 0 Å². The van der Waals surface area contributed by atoms with Crippen molar-refractivity contribution in [3.63, 3.8) is 0 Å². The summed E-state index contributed by atoms with van der Waals surface area (Å²) in [4.78, 5) is 13.9. The van der Waals surface area contributed by atoms with E-state index in [1.165, 1.54) is 24.3 Å². The predicted molar refractivity (Wildman–Crippen MR) is 171 cm³/mol. The number of carbonyl (C=O) groups excluding carboxylic acids is 1. The van der Waals surface area contributed by atoms with E-state index in [0.717, 1.165) is 37.6 Å². The van der Waals surface area contributed by atoms with E-state index in [4.69, 9.17) is 9.84 Å². The van der Waals surface area contributed by atoms with Crippen LogP contribution in [-0.4, -0.2) is 21.3 Å². The van der Waals surface area contributed by atoms with Gasteiger partial charge in [0, 0.05) is 20.9 Å². The quantitative estimate of drug-likeness (QED) is 0.202. The molecule has 0 aliphatic rings. The highest BCUT2D eigenvalue weighted by Crippen LogP contribution is 2.42. The maximum absolute atomic E-state index is 11.6. The monoisotopic (exact) mass is 586 g/mol. The van der Waals surface area contributed by atoms with Crippen LogP contribution in [0.2, 0.25) is 0 Å². The van der Waals surface area contributed by atoms with Gasteiger partial charge in [0.2, 0.25) is 0 Å². The minimum absolute atomic E-state index is 0.117. The number of benzene rings is 4. The fraction of sp³-hybridized carbons (Fsp3) is 0.306. The summed E-state index contributed by atoms with van der Waals surface area (Å²) in [5.41, 5.74) is 5.15. The first kappa shape index (κ1) is 32.6. The Bertz CT molecular complexity index is 1440. The lowest BCUT2D eigenvalue weighted by molar-refractivity contribution is 0.0472. The van der Waals surface area contributed by atoms with Crippen LogP contribution in [0.1, 0.15) is 79.7 Å². The molecular formula is C36H42O5S. The fourth-order valence-electron chi connectivity index (χ4n) is 4.29. The van der Waals surface area contributed by atoms with E-state index in [9.17, 15) is 15.0 Å². The number of rotatable bonds is 5. The predicted octanol–water partition coefficient (Wildman–Crippen LogP) is 9.21. The number of phenolic OH excluding ortho intramolecular Hbond substituents is 3. The van der Waals surface area contributed by atoms with Crippen molar-refractivity contribution in [3.8, 4) is 17.2 Å². The molecule has 0 fully saturated rings. The molecule has 0 aliphatic heterocycles. The highest BCUT2D eigenvalue weighted by atomic mass is 32.2. The number of hydrogen-bond donors (Lipinski definition) is 3. The number of esters is 1. The van der Waals surface area contributed by atoms with Gasteiger partial charge in [-0.25, -0.2) is 4.79 Å². The first-order chi connectivity index (χ1) is 19.6. The first-order valence-electron chi connectivity index (χ1n) is 13.9. The summed E-state index contributed by atoms with van der Waals surface area (Å²) in [6.07, 6.45) is 0. The summed E-state index contributed by atoms with van der Waals surface area (Å²) in [6.45, 7) is 16.9. The SMILES string of the molecule is Cc1cc(O)c(C(C)(C)C)cc1Sc1cc(C(C)(C)C)c(O)cc1C.O=C(OCc1ccccc1)c1ccc(O)cc1. The van der Waals surface area contributed by atoms with Crippen LogP contribution >= 0.6 is 11.8 Å². The summed E-state index contributed by atoms with van der Waals surface area (Å²) < 4.78 is 5.13. The maximum atomic E-state index is 11.6. The average molecular weight is 587 g/mol. The largest absolute Gasteiger partial charge is 0.508 e. The maximum Gasteiger partial charge on any atom is 0.338 e. The second kappa shape index (κ2) is 13.4. The Balaban J connectivity index is 0.000000247. The van der Waals surface area contributed by atoms with Crippen molar-refractivity contribution >= 4 is 17.7 Å². The van der Waals surface area contributed by atoms with Gasteiger partial charge in [-0.05, 0) is 89.9 Å². The molecule has 4 rings (SSSR count). The number of ether oxygens (including phenoxy) is 1. The van der Waals surface area contributed by atoms with Crippen LogP contribution in [0.15, 0.2) is 88.7 Å². The van der Waals surface area contributed by atoms with Crippen LogP contribution in [0.25, 0.3) is 0 Å². The van der Waals surface area contributed by atoms with Gasteiger partial charge in [-0.2, -0.15) is 0 Å². The Labute approximate surface area is 254 Å². The summed E-state index contributed by atoms with van der Waals surface area (Å²) >= 11 is 1.70. The zero-order valence-corrected chi connectivity index (χ0v) is 26.6. The van der Waals surface area contributed by atoms with Crippen molar-refractivity contribution < 1.29 is 24.9 Å². The summed E-state index contributed by atoms with van der Waals surface area (Å²) in [5.74, 6) is 0.442. The van der Waals surface area contributed by atoms with Gasteiger partial charge in [0.25, 0.3) is 0 Å². The van der Waals surface area contributed by atoms with Gasteiger partial charge in [0.05, 0.1) is 5.56 Å². The Morgan fingerprint density at radius 3 is 1.57 bits per heavy atom. The molecule has 42 heavy (non-hydrogen) atoms. The van der Waals surface area contributed by atoms with E-state index in [2.05, 4.69) is 53.7 Å². The second-order valence-electron chi connectivity index (χ2n) is 12.5. The van der Waals surface area contributed by atoms with Crippen molar-refractivity contribution in [3.05, 3.63) is 112 Å². The average Bonchev–Trinajstić information content (AvgIpc) is 2.90. The summed E-state index contributed by atoms with van der Waals surface area (Å²) in [5, 5.41) is 29.7. The molecule has 5 nitrogen and oxygen atoms in total. The molecule has 0 heterocycles. The third-order valence-electron chi connectivity index (χ3n) is 6.74. The van der Waals surface area contributed by atoms with Crippen LogP contribution < -0.4 is 0 Å². The summed E-state index contributed by atoms with van der Waals surface area (Å²) in [7, 11) is 0. The van der Waals surface area contributed by atoms with Crippen molar-refractivity contribution in [2.75, 3.05) is 0 Å². The zero-order valence-electron chi connectivity index (χ0n) is 25.8. The normalized spacial score (nSPS) is 11.4. The van der Waals surface area contributed by atoms with Gasteiger partial charge in [-0.15, -0.1) is 0 Å². The molecule has 222 valence electrons. The number of aryl methyl sites for hydroxylation is 2. The molecule has 0 aromatic heterocycles. The minimum atomic E-state index is -0.395. The topological polar surface area (TPSA) is 87.0 Å². The van der Waals surface area contributed by atoms with Crippen molar-refractivity contribution in [1.29, 1.82) is 0 Å². The molecule has 0 unspecified atom stereocenters. The number of hydrogen-bond acceptors (Lipinski definition) is 6. The first-order valence-corrected chi connectivity index (χ1v) is 14.7. The van der Waals surface area contributed by atoms with Gasteiger partial charge in [0.1, 0.15) is 23.9 Å². The van der Waals surface area contributed by atoms with E-state index >= 15 is 0 Å². The smallest absolute Gasteiger partial charge is 0.338 e. The number of phenols is 3. The number of aromatic hydroxyl groups is 3. The molecule has 0 spiro atoms. The minimum Gasteiger partial charge on any atom is -0.508 e. The zero-order chi connectivity index (χ0) is 31.2. The molecule has 0 amide bonds. The van der Waals surface area contributed by atoms with Crippen molar-refractivity contribution in [1.82, 2.24) is 0 Å². The van der Waals surface area contributed by atoms with Gasteiger partial charge in [-0.1, -0.05) is 83.6 Å². The molecule has 4 aromatic rings. The van der Waals surface area contributed by atoms with Crippen molar-refractivity contribution in [2.24, 2.45) is 0 Å². The molecule has 4 aromatic carbocycles. The molecule has 6 heteroatoms. The van der Waals surface area contributed by atoms with E-state index < -0.39 is 5.97 Å². The lowest BCUT2D eigenvalue weighted by Gasteiger charge is -2.24. The lowest BCUT2D eigenvalue weighted by atomic mass is 9.86. The Kier molecular flexibility index (Phi) is 10.4.